The fraction of sp³-hybridized carbons (Fsp3) is 0.318. The van der Waals surface area contributed by atoms with E-state index in [4.69, 9.17) is 0 Å². The van der Waals surface area contributed by atoms with E-state index in [0.29, 0.717) is 6.54 Å². The quantitative estimate of drug-likeness (QED) is 0.698. The molecule has 0 aliphatic rings. The van der Waals surface area contributed by atoms with Gasteiger partial charge < -0.3 is 4.98 Å². The number of hydrogen-bond acceptors (Lipinski definition) is 2. The molecule has 1 N–H and O–H groups in total. The summed E-state index contributed by atoms with van der Waals surface area (Å²) in [6.45, 7) is 8.40. The van der Waals surface area contributed by atoms with Gasteiger partial charge in [-0.05, 0) is 55.6 Å². The minimum absolute atomic E-state index is 0.0631. The summed E-state index contributed by atoms with van der Waals surface area (Å²) < 4.78 is 13.1. The summed E-state index contributed by atoms with van der Waals surface area (Å²) in [6, 6.07) is 12.3. The first-order valence-corrected chi connectivity index (χ1v) is 9.07. The highest BCUT2D eigenvalue weighted by atomic mass is 19.1. The van der Waals surface area contributed by atoms with Crippen molar-refractivity contribution in [2.75, 3.05) is 6.54 Å². The molecule has 0 aliphatic heterocycles. The highest BCUT2D eigenvalue weighted by molar-refractivity contribution is 5.84. The third kappa shape index (κ3) is 4.02. The van der Waals surface area contributed by atoms with Gasteiger partial charge in [-0.15, -0.1) is 0 Å². The first kappa shape index (κ1) is 18.3. The zero-order valence-corrected chi connectivity index (χ0v) is 15.6. The SMILES string of the molecule is CCCN(Cc1ccc(F)cc1)Cc1cc(=O)c2c(C)ccc(C)c2[nH]1. The predicted molar refractivity (Wildman–Crippen MR) is 105 cm³/mol. The van der Waals surface area contributed by atoms with E-state index in [9.17, 15) is 9.18 Å². The number of nitrogens with zero attached hydrogens (tertiary/aromatic N) is 1. The van der Waals surface area contributed by atoms with Crippen LogP contribution in [0.15, 0.2) is 47.3 Å². The lowest BCUT2D eigenvalue weighted by atomic mass is 10.0. The van der Waals surface area contributed by atoms with Crippen LogP contribution in [0.4, 0.5) is 4.39 Å². The van der Waals surface area contributed by atoms with Crippen molar-refractivity contribution in [1.29, 1.82) is 0 Å². The van der Waals surface area contributed by atoms with Gasteiger partial charge in [0.05, 0.1) is 5.52 Å². The molecule has 0 spiro atoms. The maximum Gasteiger partial charge on any atom is 0.189 e. The van der Waals surface area contributed by atoms with E-state index in [1.807, 2.05) is 38.1 Å². The summed E-state index contributed by atoms with van der Waals surface area (Å²) >= 11 is 0. The Kier molecular flexibility index (Phi) is 5.52. The topological polar surface area (TPSA) is 36.1 Å². The first-order valence-electron chi connectivity index (χ1n) is 9.07. The summed E-state index contributed by atoms with van der Waals surface area (Å²) in [4.78, 5) is 18.4. The number of hydrogen-bond donors (Lipinski definition) is 1. The summed E-state index contributed by atoms with van der Waals surface area (Å²) in [5.41, 5.74) is 5.03. The van der Waals surface area contributed by atoms with Gasteiger partial charge in [-0.1, -0.05) is 31.2 Å². The molecule has 0 unspecified atom stereocenters. The van der Waals surface area contributed by atoms with Crippen LogP contribution in [0.25, 0.3) is 10.9 Å². The molecule has 3 aromatic rings. The average Bonchev–Trinajstić information content (AvgIpc) is 2.60. The Morgan fingerprint density at radius 1 is 1.00 bits per heavy atom. The van der Waals surface area contributed by atoms with Crippen LogP contribution in [-0.4, -0.2) is 16.4 Å². The molecule has 136 valence electrons. The zero-order valence-electron chi connectivity index (χ0n) is 15.6. The average molecular weight is 352 g/mol. The van der Waals surface area contributed by atoms with Gasteiger partial charge in [0.2, 0.25) is 0 Å². The van der Waals surface area contributed by atoms with Crippen molar-refractivity contribution in [1.82, 2.24) is 9.88 Å². The molecular formula is C22H25FN2O. The molecule has 26 heavy (non-hydrogen) atoms. The highest BCUT2D eigenvalue weighted by Crippen LogP contribution is 2.18. The van der Waals surface area contributed by atoms with E-state index in [1.54, 1.807) is 6.07 Å². The van der Waals surface area contributed by atoms with E-state index in [2.05, 4.69) is 16.8 Å². The van der Waals surface area contributed by atoms with Gasteiger partial charge >= 0.3 is 0 Å². The van der Waals surface area contributed by atoms with Crippen molar-refractivity contribution in [3.05, 3.63) is 80.9 Å². The van der Waals surface area contributed by atoms with E-state index < -0.39 is 0 Å². The third-order valence-electron chi connectivity index (χ3n) is 4.71. The van der Waals surface area contributed by atoms with Gasteiger partial charge in [-0.25, -0.2) is 4.39 Å². The lowest BCUT2D eigenvalue weighted by Gasteiger charge is -2.22. The van der Waals surface area contributed by atoms with Crippen molar-refractivity contribution in [2.24, 2.45) is 0 Å². The maximum atomic E-state index is 13.1. The number of pyridine rings is 1. The number of benzene rings is 2. The van der Waals surface area contributed by atoms with Gasteiger partial charge in [-0.2, -0.15) is 0 Å². The summed E-state index contributed by atoms with van der Waals surface area (Å²) in [6.07, 6.45) is 1.01. The molecular weight excluding hydrogens is 327 g/mol. The molecule has 0 saturated carbocycles. The molecule has 0 fully saturated rings. The number of nitrogens with one attached hydrogen (secondary N) is 1. The number of H-pyrrole nitrogens is 1. The third-order valence-corrected chi connectivity index (χ3v) is 4.71. The second-order valence-corrected chi connectivity index (χ2v) is 6.95. The summed E-state index contributed by atoms with van der Waals surface area (Å²) in [7, 11) is 0. The van der Waals surface area contributed by atoms with Gasteiger partial charge in [0, 0.05) is 30.2 Å². The van der Waals surface area contributed by atoms with Gasteiger partial charge in [0.1, 0.15) is 5.82 Å². The number of aryl methyl sites for hydroxylation is 2. The second-order valence-electron chi connectivity index (χ2n) is 6.95. The van der Waals surface area contributed by atoms with Gasteiger partial charge in [0.15, 0.2) is 5.43 Å². The zero-order chi connectivity index (χ0) is 18.7. The second kappa shape index (κ2) is 7.83. The molecule has 1 aromatic heterocycles. The van der Waals surface area contributed by atoms with Gasteiger partial charge in [-0.3, -0.25) is 9.69 Å². The number of aromatic nitrogens is 1. The highest BCUT2D eigenvalue weighted by Gasteiger charge is 2.11. The number of halogens is 1. The van der Waals surface area contributed by atoms with Crippen molar-refractivity contribution >= 4 is 10.9 Å². The monoisotopic (exact) mass is 352 g/mol. The van der Waals surface area contributed by atoms with Crippen LogP contribution < -0.4 is 5.43 Å². The van der Waals surface area contributed by atoms with Crippen molar-refractivity contribution < 1.29 is 4.39 Å². The number of aromatic amines is 1. The Hall–Kier alpha value is -2.46. The van der Waals surface area contributed by atoms with Crippen molar-refractivity contribution in [3.63, 3.8) is 0 Å². The Morgan fingerprint density at radius 3 is 2.38 bits per heavy atom. The smallest absolute Gasteiger partial charge is 0.189 e. The fourth-order valence-electron chi connectivity index (χ4n) is 3.42. The Morgan fingerprint density at radius 2 is 1.69 bits per heavy atom. The summed E-state index contributed by atoms with van der Waals surface area (Å²) in [5.74, 6) is -0.222. The van der Waals surface area contributed by atoms with Crippen LogP contribution in [0.3, 0.4) is 0 Å². The van der Waals surface area contributed by atoms with E-state index >= 15 is 0 Å². The largest absolute Gasteiger partial charge is 0.357 e. The molecule has 0 atom stereocenters. The molecule has 0 saturated heterocycles. The number of fused-ring (bicyclic) bond motifs is 1. The standard InChI is InChI=1S/C22H25FN2O/c1-4-11-25(13-17-7-9-18(23)10-8-17)14-19-12-20(26)21-15(2)5-6-16(3)22(21)24-19/h5-10,12H,4,11,13-14H2,1-3H3,(H,24,26). The van der Waals surface area contributed by atoms with Crippen LogP contribution in [0.1, 0.15) is 35.7 Å². The lowest BCUT2D eigenvalue weighted by molar-refractivity contribution is 0.254. The Labute approximate surface area is 153 Å². The predicted octanol–water partition coefficient (Wildman–Crippen LogP) is 4.70. The van der Waals surface area contributed by atoms with Gasteiger partial charge in [0.25, 0.3) is 0 Å². The number of rotatable bonds is 6. The van der Waals surface area contributed by atoms with Crippen molar-refractivity contribution in [3.8, 4) is 0 Å². The fourth-order valence-corrected chi connectivity index (χ4v) is 3.42. The minimum atomic E-state index is -0.222. The molecule has 0 aliphatic carbocycles. The van der Waals surface area contributed by atoms with E-state index in [-0.39, 0.29) is 11.2 Å². The molecule has 3 rings (SSSR count). The lowest BCUT2D eigenvalue weighted by Crippen LogP contribution is -2.25. The van der Waals surface area contributed by atoms with Crippen molar-refractivity contribution in [2.45, 2.75) is 40.3 Å². The molecule has 0 bridgehead atoms. The van der Waals surface area contributed by atoms with Crippen LogP contribution in [0.5, 0.6) is 0 Å². The molecule has 2 aromatic carbocycles. The van der Waals surface area contributed by atoms with Crippen LogP contribution >= 0.6 is 0 Å². The molecule has 1 heterocycles. The molecule has 0 radical (unpaired) electrons. The first-order chi connectivity index (χ1) is 12.5. The Bertz CT molecular complexity index is 960. The minimum Gasteiger partial charge on any atom is -0.357 e. The normalized spacial score (nSPS) is 11.4. The molecule has 0 amide bonds. The van der Waals surface area contributed by atoms with Crippen LogP contribution in [0, 0.1) is 19.7 Å². The van der Waals surface area contributed by atoms with Crippen LogP contribution in [0.2, 0.25) is 0 Å². The van der Waals surface area contributed by atoms with Crippen LogP contribution in [-0.2, 0) is 13.1 Å². The molecule has 3 nitrogen and oxygen atoms in total. The molecule has 4 heteroatoms. The van der Waals surface area contributed by atoms with E-state index in [0.717, 1.165) is 52.8 Å². The Balaban J connectivity index is 1.90. The maximum absolute atomic E-state index is 13.1. The summed E-state index contributed by atoms with van der Waals surface area (Å²) in [5, 5.41) is 0.773. The van der Waals surface area contributed by atoms with E-state index in [1.165, 1.54) is 12.1 Å².